The Labute approximate surface area is 166 Å². The van der Waals surface area contributed by atoms with Crippen LogP contribution < -0.4 is 0 Å². The zero-order valence-corrected chi connectivity index (χ0v) is 16.2. The molecule has 0 fully saturated rings. The number of benzene rings is 5. The van der Waals surface area contributed by atoms with Gasteiger partial charge in [0.2, 0.25) is 0 Å². The van der Waals surface area contributed by atoms with E-state index in [1.807, 2.05) is 0 Å². The molecule has 0 heteroatoms. The van der Waals surface area contributed by atoms with Crippen molar-refractivity contribution < 1.29 is 0 Å². The molecule has 0 aliphatic carbocycles. The quantitative estimate of drug-likeness (QED) is 0.281. The van der Waals surface area contributed by atoms with Gasteiger partial charge in [0.25, 0.3) is 0 Å². The van der Waals surface area contributed by atoms with Gasteiger partial charge in [-0.3, -0.25) is 0 Å². The minimum Gasteiger partial charge on any atom is -0.0616 e. The summed E-state index contributed by atoms with van der Waals surface area (Å²) in [7, 11) is 0. The van der Waals surface area contributed by atoms with Crippen molar-refractivity contribution in [2.75, 3.05) is 0 Å². The number of rotatable bonds is 2. The molecule has 0 nitrogen and oxygen atoms in total. The van der Waals surface area contributed by atoms with E-state index in [4.69, 9.17) is 0 Å². The summed E-state index contributed by atoms with van der Waals surface area (Å²) >= 11 is 0. The highest BCUT2D eigenvalue weighted by molar-refractivity contribution is 6.21. The largest absolute Gasteiger partial charge is 0.0616 e. The van der Waals surface area contributed by atoms with Crippen molar-refractivity contribution in [2.24, 2.45) is 0 Å². The molecule has 0 aliphatic rings. The van der Waals surface area contributed by atoms with Crippen LogP contribution in [0.4, 0.5) is 0 Å². The number of aryl methyl sites for hydroxylation is 2. The molecule has 0 aliphatic heterocycles. The summed E-state index contributed by atoms with van der Waals surface area (Å²) in [5.74, 6) is 0. The van der Waals surface area contributed by atoms with Gasteiger partial charge >= 0.3 is 0 Å². The lowest BCUT2D eigenvalue weighted by Gasteiger charge is -2.18. The second kappa shape index (κ2) is 6.65. The Kier molecular flexibility index (Phi) is 3.98. The molecule has 0 N–H and O–H groups in total. The van der Waals surface area contributed by atoms with Crippen LogP contribution in [0.25, 0.3) is 43.8 Å². The summed E-state index contributed by atoms with van der Waals surface area (Å²) in [4.78, 5) is 0. The maximum Gasteiger partial charge on any atom is -0.00203 e. The Morgan fingerprint density at radius 2 is 0.679 bits per heavy atom. The first-order valence-corrected chi connectivity index (χ1v) is 9.80. The van der Waals surface area contributed by atoms with E-state index in [0.717, 1.165) is 0 Å². The van der Waals surface area contributed by atoms with Crippen molar-refractivity contribution in [3.8, 4) is 22.3 Å². The first-order valence-electron chi connectivity index (χ1n) is 9.80. The Hall–Kier alpha value is -3.38. The topological polar surface area (TPSA) is 0 Å². The van der Waals surface area contributed by atoms with Crippen molar-refractivity contribution in [2.45, 2.75) is 13.8 Å². The third kappa shape index (κ3) is 2.70. The fraction of sp³-hybridized carbons (Fsp3) is 0.0714. The summed E-state index contributed by atoms with van der Waals surface area (Å²) in [5, 5.41) is 5.23. The number of hydrogen-bond donors (Lipinski definition) is 0. The molecule has 0 heterocycles. The molecule has 134 valence electrons. The second-order valence-electron chi connectivity index (χ2n) is 7.57. The standard InChI is InChI=1S/C28H22/c1-19-11-15-21(16-12-19)27-25-9-5-3-7-23(25)24-8-4-6-10-26(24)28(27)22-17-13-20(2)14-18-22/h3-18H,1-2H3. The lowest BCUT2D eigenvalue weighted by Crippen LogP contribution is -1.92. The molecule has 0 amide bonds. The highest BCUT2D eigenvalue weighted by Crippen LogP contribution is 2.44. The minimum absolute atomic E-state index is 1.27. The van der Waals surface area contributed by atoms with E-state index in [-0.39, 0.29) is 0 Å². The zero-order chi connectivity index (χ0) is 19.1. The van der Waals surface area contributed by atoms with E-state index in [2.05, 4.69) is 111 Å². The number of fused-ring (bicyclic) bond motifs is 3. The van der Waals surface area contributed by atoms with Crippen LogP contribution in [0, 0.1) is 13.8 Å². The van der Waals surface area contributed by atoms with E-state index in [1.165, 1.54) is 54.9 Å². The highest BCUT2D eigenvalue weighted by Gasteiger charge is 2.16. The van der Waals surface area contributed by atoms with Crippen LogP contribution in [0.2, 0.25) is 0 Å². The average molecular weight is 358 g/mol. The van der Waals surface area contributed by atoms with Crippen LogP contribution in [-0.2, 0) is 0 Å². The Morgan fingerprint density at radius 1 is 0.357 bits per heavy atom. The van der Waals surface area contributed by atoms with Crippen LogP contribution in [0.1, 0.15) is 11.1 Å². The van der Waals surface area contributed by atoms with Crippen molar-refractivity contribution in [1.82, 2.24) is 0 Å². The van der Waals surface area contributed by atoms with Crippen LogP contribution in [-0.4, -0.2) is 0 Å². The van der Waals surface area contributed by atoms with Crippen molar-refractivity contribution in [3.05, 3.63) is 108 Å². The van der Waals surface area contributed by atoms with Gasteiger partial charge < -0.3 is 0 Å². The van der Waals surface area contributed by atoms with Gasteiger partial charge in [0.15, 0.2) is 0 Å². The van der Waals surface area contributed by atoms with Crippen LogP contribution in [0.15, 0.2) is 97.1 Å². The maximum absolute atomic E-state index is 2.26. The molecule has 28 heavy (non-hydrogen) atoms. The predicted molar refractivity (Wildman–Crippen MR) is 122 cm³/mol. The molecule has 5 rings (SSSR count). The SMILES string of the molecule is Cc1ccc(-c2c(-c3ccc(C)cc3)c3ccccc3c3ccccc23)cc1. The van der Waals surface area contributed by atoms with Gasteiger partial charge in [-0.05, 0) is 57.6 Å². The first kappa shape index (κ1) is 16.8. The monoisotopic (exact) mass is 358 g/mol. The fourth-order valence-electron chi connectivity index (χ4n) is 4.18. The first-order chi connectivity index (χ1) is 13.7. The van der Waals surface area contributed by atoms with Gasteiger partial charge in [0, 0.05) is 0 Å². The molecule has 0 aromatic heterocycles. The van der Waals surface area contributed by atoms with Crippen LogP contribution >= 0.6 is 0 Å². The Morgan fingerprint density at radius 3 is 1.04 bits per heavy atom. The molecule has 5 aromatic carbocycles. The van der Waals surface area contributed by atoms with Crippen molar-refractivity contribution in [3.63, 3.8) is 0 Å². The average Bonchev–Trinajstić information content (AvgIpc) is 2.74. The molecule has 0 saturated heterocycles. The lowest BCUT2D eigenvalue weighted by atomic mass is 9.85. The van der Waals surface area contributed by atoms with Crippen molar-refractivity contribution in [1.29, 1.82) is 0 Å². The third-order valence-electron chi connectivity index (χ3n) is 5.61. The van der Waals surface area contributed by atoms with E-state index < -0.39 is 0 Å². The van der Waals surface area contributed by atoms with Gasteiger partial charge in [-0.2, -0.15) is 0 Å². The molecule has 0 radical (unpaired) electrons. The minimum atomic E-state index is 1.27. The summed E-state index contributed by atoms with van der Waals surface area (Å²) in [6, 6.07) is 35.4. The highest BCUT2D eigenvalue weighted by atomic mass is 14.2. The maximum atomic E-state index is 2.26. The Balaban J connectivity index is 2.00. The normalized spacial score (nSPS) is 11.2. The third-order valence-corrected chi connectivity index (χ3v) is 5.61. The molecule has 0 bridgehead atoms. The lowest BCUT2D eigenvalue weighted by molar-refractivity contribution is 1.46. The van der Waals surface area contributed by atoms with Gasteiger partial charge in [0.05, 0.1) is 0 Å². The summed E-state index contributed by atoms with van der Waals surface area (Å²) in [6.45, 7) is 4.28. The molecule has 0 saturated carbocycles. The zero-order valence-electron chi connectivity index (χ0n) is 16.2. The van der Waals surface area contributed by atoms with Gasteiger partial charge in [-0.25, -0.2) is 0 Å². The predicted octanol–water partition coefficient (Wildman–Crippen LogP) is 7.94. The van der Waals surface area contributed by atoms with E-state index in [9.17, 15) is 0 Å². The van der Waals surface area contributed by atoms with Crippen LogP contribution in [0.5, 0.6) is 0 Å². The molecule has 0 unspecified atom stereocenters. The molecular weight excluding hydrogens is 336 g/mol. The summed E-state index contributed by atoms with van der Waals surface area (Å²) in [6.07, 6.45) is 0. The molecule has 0 spiro atoms. The fourth-order valence-corrected chi connectivity index (χ4v) is 4.18. The smallest absolute Gasteiger partial charge is 0.00203 e. The van der Waals surface area contributed by atoms with Gasteiger partial charge in [-0.15, -0.1) is 0 Å². The van der Waals surface area contributed by atoms with Gasteiger partial charge in [0.1, 0.15) is 0 Å². The van der Waals surface area contributed by atoms with Gasteiger partial charge in [-0.1, -0.05) is 108 Å². The van der Waals surface area contributed by atoms with E-state index >= 15 is 0 Å². The molecule has 0 atom stereocenters. The van der Waals surface area contributed by atoms with Crippen molar-refractivity contribution >= 4 is 21.5 Å². The van der Waals surface area contributed by atoms with Crippen LogP contribution in [0.3, 0.4) is 0 Å². The van der Waals surface area contributed by atoms with E-state index in [1.54, 1.807) is 0 Å². The molecular formula is C28H22. The van der Waals surface area contributed by atoms with E-state index in [0.29, 0.717) is 0 Å². The number of hydrogen-bond acceptors (Lipinski definition) is 0. The Bertz CT molecular complexity index is 1190. The summed E-state index contributed by atoms with van der Waals surface area (Å²) < 4.78 is 0. The molecule has 5 aromatic rings. The second-order valence-corrected chi connectivity index (χ2v) is 7.57. The summed E-state index contributed by atoms with van der Waals surface area (Å²) in [5.41, 5.74) is 7.74.